The molecule has 0 bridgehead atoms. The number of nitrogens with zero attached hydrogens (tertiary/aromatic N) is 1. The van der Waals surface area contributed by atoms with Crippen molar-refractivity contribution in [3.8, 4) is 17.6 Å². The van der Waals surface area contributed by atoms with Crippen LogP contribution in [0.15, 0.2) is 28.7 Å². The smallest absolute Gasteiger partial charge is 0.245 e. The second-order valence-electron chi connectivity index (χ2n) is 4.73. The molecule has 1 aliphatic heterocycles. The first-order valence-corrected chi connectivity index (χ1v) is 8.29. The van der Waals surface area contributed by atoms with E-state index in [0.29, 0.717) is 19.6 Å². The van der Waals surface area contributed by atoms with E-state index in [4.69, 9.17) is 16.3 Å². The first-order chi connectivity index (χ1) is 10.6. The van der Waals surface area contributed by atoms with Gasteiger partial charge in [-0.3, -0.25) is 4.79 Å². The summed E-state index contributed by atoms with van der Waals surface area (Å²) in [5.41, 5.74) is 1.84. The monoisotopic (exact) mass is 381 g/mol. The van der Waals surface area contributed by atoms with Gasteiger partial charge in [0.25, 0.3) is 0 Å². The van der Waals surface area contributed by atoms with Crippen LogP contribution in [-0.2, 0) is 4.79 Å². The molecular weight excluding hydrogens is 366 g/mol. The highest BCUT2D eigenvalue weighted by atomic mass is 79.9. The molecule has 1 aromatic rings. The quantitative estimate of drug-likeness (QED) is 0.581. The zero-order valence-electron chi connectivity index (χ0n) is 12.5. The third kappa shape index (κ3) is 3.66. The second kappa shape index (κ2) is 7.71. The molecule has 3 nitrogen and oxygen atoms in total. The maximum atomic E-state index is 12.2. The van der Waals surface area contributed by atoms with Gasteiger partial charge in [-0.1, -0.05) is 12.0 Å². The van der Waals surface area contributed by atoms with Gasteiger partial charge in [0.1, 0.15) is 17.7 Å². The predicted octanol–water partition coefficient (Wildman–Crippen LogP) is 4.05. The number of carbonyl (C=O) groups excluding carboxylic acids is 1. The second-order valence-corrected chi connectivity index (χ2v) is 6.11. The van der Waals surface area contributed by atoms with Crippen molar-refractivity contribution >= 4 is 39.1 Å². The predicted molar refractivity (Wildman–Crippen MR) is 92.7 cm³/mol. The summed E-state index contributed by atoms with van der Waals surface area (Å²) < 4.78 is 6.41. The molecule has 0 spiro atoms. The van der Waals surface area contributed by atoms with E-state index < -0.39 is 5.38 Å². The van der Waals surface area contributed by atoms with Gasteiger partial charge < -0.3 is 9.64 Å². The summed E-state index contributed by atoms with van der Waals surface area (Å²) >= 11 is 9.60. The Morgan fingerprint density at radius 2 is 2.27 bits per heavy atom. The minimum absolute atomic E-state index is 0.0490. The molecule has 1 heterocycles. The van der Waals surface area contributed by atoms with Gasteiger partial charge in [-0.15, -0.1) is 17.5 Å². The van der Waals surface area contributed by atoms with Crippen LogP contribution in [0.1, 0.15) is 25.8 Å². The number of rotatable bonds is 4. The number of carbonyl (C=O) groups is 1. The number of hydrogen-bond donors (Lipinski definition) is 0. The molecule has 0 aliphatic carbocycles. The van der Waals surface area contributed by atoms with Crippen molar-refractivity contribution in [3.63, 3.8) is 0 Å². The van der Waals surface area contributed by atoms with Crippen LogP contribution in [0, 0.1) is 11.8 Å². The fraction of sp³-hybridized carbons (Fsp3) is 0.353. The first kappa shape index (κ1) is 16.9. The Morgan fingerprint density at radius 3 is 2.91 bits per heavy atom. The van der Waals surface area contributed by atoms with Crippen molar-refractivity contribution in [1.82, 2.24) is 4.90 Å². The van der Waals surface area contributed by atoms with Crippen molar-refractivity contribution in [2.24, 2.45) is 0 Å². The van der Waals surface area contributed by atoms with Gasteiger partial charge in [0.2, 0.25) is 5.91 Å². The van der Waals surface area contributed by atoms with Gasteiger partial charge in [0, 0.05) is 22.3 Å². The molecule has 0 radical (unpaired) electrons. The van der Waals surface area contributed by atoms with Crippen LogP contribution in [0.25, 0.3) is 5.70 Å². The van der Waals surface area contributed by atoms with E-state index in [1.807, 2.05) is 31.2 Å². The van der Waals surface area contributed by atoms with E-state index in [9.17, 15) is 4.79 Å². The summed E-state index contributed by atoms with van der Waals surface area (Å²) in [5, 5.41) is -0.474. The van der Waals surface area contributed by atoms with Crippen LogP contribution in [0.2, 0.25) is 0 Å². The van der Waals surface area contributed by atoms with E-state index in [1.54, 1.807) is 11.8 Å². The third-order valence-corrected chi connectivity index (χ3v) is 4.38. The molecule has 5 heteroatoms. The van der Waals surface area contributed by atoms with Crippen LogP contribution >= 0.6 is 27.5 Å². The molecule has 1 aromatic carbocycles. The lowest BCUT2D eigenvalue weighted by Crippen LogP contribution is -2.38. The molecular formula is C17H17BrClNO2. The minimum atomic E-state index is -0.474. The number of allylic oxidation sites excluding steroid dienone is 1. The van der Waals surface area contributed by atoms with E-state index in [2.05, 4.69) is 27.8 Å². The molecule has 0 N–H and O–H groups in total. The zero-order valence-corrected chi connectivity index (χ0v) is 14.9. The average Bonchev–Trinajstić information content (AvgIpc) is 2.51. The highest BCUT2D eigenvalue weighted by Gasteiger charge is 2.29. The van der Waals surface area contributed by atoms with Crippen molar-refractivity contribution in [1.29, 1.82) is 0 Å². The van der Waals surface area contributed by atoms with Crippen LogP contribution in [-0.4, -0.2) is 29.3 Å². The van der Waals surface area contributed by atoms with Crippen LogP contribution < -0.4 is 4.74 Å². The van der Waals surface area contributed by atoms with Gasteiger partial charge in [0.05, 0.1) is 0 Å². The summed E-state index contributed by atoms with van der Waals surface area (Å²) in [5.74, 6) is 6.33. The number of alkyl halides is 1. The highest BCUT2D eigenvalue weighted by Crippen LogP contribution is 2.34. The van der Waals surface area contributed by atoms with Crippen molar-refractivity contribution < 1.29 is 9.53 Å². The normalized spacial score (nSPS) is 17.6. The van der Waals surface area contributed by atoms with Crippen molar-refractivity contribution in [2.75, 3.05) is 13.2 Å². The van der Waals surface area contributed by atoms with Crippen molar-refractivity contribution in [3.05, 3.63) is 34.3 Å². The lowest BCUT2D eigenvalue weighted by molar-refractivity contribution is -0.127. The number of ether oxygens (including phenoxy) is 1. The van der Waals surface area contributed by atoms with Crippen LogP contribution in [0.5, 0.6) is 5.75 Å². The summed E-state index contributed by atoms with van der Waals surface area (Å²) in [4.78, 5) is 13.9. The maximum absolute atomic E-state index is 12.2. The van der Waals surface area contributed by atoms with Gasteiger partial charge in [0.15, 0.2) is 0 Å². The Bertz CT molecular complexity index is 660. The Morgan fingerprint density at radius 1 is 1.50 bits per heavy atom. The van der Waals surface area contributed by atoms with Crippen LogP contribution in [0.3, 0.4) is 0 Å². The van der Waals surface area contributed by atoms with E-state index in [0.717, 1.165) is 21.5 Å². The molecule has 1 atom stereocenters. The molecule has 1 aliphatic rings. The number of amides is 1. The average molecular weight is 383 g/mol. The molecule has 0 aromatic heterocycles. The van der Waals surface area contributed by atoms with Crippen molar-refractivity contribution in [2.45, 2.75) is 25.6 Å². The molecule has 2 rings (SSSR count). The van der Waals surface area contributed by atoms with E-state index >= 15 is 0 Å². The topological polar surface area (TPSA) is 29.5 Å². The molecule has 1 unspecified atom stereocenters. The number of benzene rings is 1. The number of halogens is 2. The molecule has 0 saturated carbocycles. The summed E-state index contributed by atoms with van der Waals surface area (Å²) in [6.07, 6.45) is 2.55. The lowest BCUT2D eigenvalue weighted by Gasteiger charge is -2.30. The Kier molecular flexibility index (Phi) is 5.93. The zero-order chi connectivity index (χ0) is 16.1. The Balaban J connectivity index is 2.28. The summed E-state index contributed by atoms with van der Waals surface area (Å²) in [6, 6.07) is 5.71. The first-order valence-electron chi connectivity index (χ1n) is 7.06. The number of hydrogen-bond acceptors (Lipinski definition) is 2. The van der Waals surface area contributed by atoms with Gasteiger partial charge in [-0.25, -0.2) is 0 Å². The molecule has 22 heavy (non-hydrogen) atoms. The molecule has 0 saturated heterocycles. The molecule has 116 valence electrons. The van der Waals surface area contributed by atoms with E-state index in [1.165, 1.54) is 0 Å². The maximum Gasteiger partial charge on any atom is 0.245 e. The fourth-order valence-corrected chi connectivity index (χ4v) is 3.05. The van der Waals surface area contributed by atoms with Gasteiger partial charge >= 0.3 is 0 Å². The van der Waals surface area contributed by atoms with Gasteiger partial charge in [-0.2, -0.15) is 0 Å². The molecule has 1 amide bonds. The fourth-order valence-electron chi connectivity index (χ4n) is 2.28. The summed E-state index contributed by atoms with van der Waals surface area (Å²) in [6.45, 7) is 4.66. The standard InChI is InChI=1S/C17H17BrClNO2/c1-3-5-10-22-12-6-7-13(14(18)11-12)16-9-8-15(19)17(21)20(16)4-2/h6-7,9,11,15H,4,8,10H2,1-2H3. The summed E-state index contributed by atoms with van der Waals surface area (Å²) in [7, 11) is 0. The third-order valence-electron chi connectivity index (χ3n) is 3.36. The molecule has 0 fully saturated rings. The Labute approximate surface area is 144 Å². The van der Waals surface area contributed by atoms with Crippen LogP contribution in [0.4, 0.5) is 0 Å². The largest absolute Gasteiger partial charge is 0.481 e. The SMILES string of the molecule is CC#CCOc1ccc(C2=CCC(Cl)C(=O)N2CC)c(Br)c1. The van der Waals surface area contributed by atoms with Gasteiger partial charge in [-0.05, 0) is 54.4 Å². The van der Waals surface area contributed by atoms with E-state index in [-0.39, 0.29) is 5.91 Å². The minimum Gasteiger partial charge on any atom is -0.481 e. The Hall–Kier alpha value is -1.44. The lowest BCUT2D eigenvalue weighted by atomic mass is 10.0. The highest BCUT2D eigenvalue weighted by molar-refractivity contribution is 9.10.